The van der Waals surface area contributed by atoms with E-state index in [0.29, 0.717) is 0 Å². The summed E-state index contributed by atoms with van der Waals surface area (Å²) in [5.74, 6) is 0. The number of hydrogen-bond acceptors (Lipinski definition) is 3. The molecule has 0 atom stereocenters. The van der Waals surface area contributed by atoms with E-state index in [1.54, 1.807) is 0 Å². The Kier molecular flexibility index (Phi) is 53.0. The van der Waals surface area contributed by atoms with Gasteiger partial charge in [0.2, 0.25) is 0 Å². The predicted octanol–water partition coefficient (Wildman–Crippen LogP) is -4.18. The first-order valence-corrected chi connectivity index (χ1v) is 1.84. The largest absolute Gasteiger partial charge is 2.00 e. The molecule has 0 fully saturated rings. The zero-order chi connectivity index (χ0) is 3.58. The van der Waals surface area contributed by atoms with Crippen LogP contribution in [0.2, 0.25) is 0 Å². The van der Waals surface area contributed by atoms with Gasteiger partial charge < -0.3 is 14.1 Å². The molecule has 0 aromatic rings. The molecular weight excluding hydrogens is 183 g/mol. The van der Waals surface area contributed by atoms with E-state index in [0.717, 1.165) is 0 Å². The van der Waals surface area contributed by atoms with Crippen molar-refractivity contribution in [1.29, 1.82) is 0 Å². The van der Waals surface area contributed by atoms with Crippen molar-refractivity contribution in [3.8, 4) is 0 Å². The maximum absolute atomic E-state index is 8.52. The topological polar surface area (TPSA) is 63.2 Å². The van der Waals surface area contributed by atoms with Crippen molar-refractivity contribution in [3.63, 3.8) is 0 Å². The second-order valence-corrected chi connectivity index (χ2v) is 0.750. The monoisotopic (exact) mass is 185 g/mol. The Balaban J connectivity index is -0.0000000150. The van der Waals surface area contributed by atoms with Crippen molar-refractivity contribution in [2.45, 2.75) is 0 Å². The standard InChI is InChI=1S/Al.Fe.Mg.O3Si.2H/c;;;1-4(2)3;;/q;+2;;-2;;. The van der Waals surface area contributed by atoms with E-state index in [4.69, 9.17) is 14.1 Å². The van der Waals surface area contributed by atoms with Crippen LogP contribution in [0.3, 0.4) is 0 Å². The minimum Gasteiger partial charge on any atom is -0.672 e. The summed E-state index contributed by atoms with van der Waals surface area (Å²) in [6.45, 7) is 0. The molecule has 0 amide bonds. The zero-order valence-corrected chi connectivity index (χ0v) is 5.91. The Bertz CT molecular complexity index is 37.9. The molecule has 0 aromatic carbocycles. The summed E-state index contributed by atoms with van der Waals surface area (Å²) in [6, 6.07) is 0. The summed E-state index contributed by atoms with van der Waals surface area (Å²) in [6.07, 6.45) is 0. The summed E-state index contributed by atoms with van der Waals surface area (Å²) in [5, 5.41) is 0. The molecule has 0 saturated carbocycles. The Labute approximate surface area is 80.2 Å². The Morgan fingerprint density at radius 1 is 1.29 bits per heavy atom. The van der Waals surface area contributed by atoms with Gasteiger partial charge in [0, 0.05) is 26.5 Å². The van der Waals surface area contributed by atoms with E-state index in [1.165, 1.54) is 0 Å². The average molecular weight is 185 g/mol. The van der Waals surface area contributed by atoms with E-state index in [9.17, 15) is 0 Å². The van der Waals surface area contributed by atoms with E-state index in [2.05, 4.69) is 0 Å². The minimum atomic E-state index is -3.63. The molecule has 0 saturated heterocycles. The van der Waals surface area contributed by atoms with Crippen LogP contribution >= 0.6 is 0 Å². The normalized spacial score (nSPS) is 3.43. The van der Waals surface area contributed by atoms with Crippen LogP contribution in [-0.4, -0.2) is 49.6 Å². The first-order chi connectivity index (χ1) is 1.73. The van der Waals surface area contributed by atoms with Gasteiger partial charge in [0.25, 0.3) is 0 Å². The molecule has 7 heteroatoms. The van der Waals surface area contributed by atoms with Crippen molar-refractivity contribution in [1.82, 2.24) is 0 Å². The molecule has 0 bridgehead atoms. The smallest absolute Gasteiger partial charge is 0.672 e. The molecule has 0 unspecified atom stereocenters. The van der Waals surface area contributed by atoms with E-state index >= 15 is 0 Å². The fraction of sp³-hybridized carbons (Fsp3) is 0. The van der Waals surface area contributed by atoms with Crippen molar-refractivity contribution in [2.24, 2.45) is 0 Å². The number of rotatable bonds is 0. The Hall–Kier alpha value is 1.44. The first kappa shape index (κ1) is 23.7. The maximum Gasteiger partial charge on any atom is 2.00 e. The quantitative estimate of drug-likeness (QED) is 0.360. The van der Waals surface area contributed by atoms with Crippen LogP contribution in [0.1, 0.15) is 0 Å². The van der Waals surface area contributed by atoms with Crippen LogP contribution < -0.4 is 9.59 Å². The summed E-state index contributed by atoms with van der Waals surface area (Å²) in [7, 11) is -3.63. The van der Waals surface area contributed by atoms with Crippen molar-refractivity contribution < 1.29 is 31.1 Å². The summed E-state index contributed by atoms with van der Waals surface area (Å²) in [5.41, 5.74) is 0. The van der Waals surface area contributed by atoms with Crippen LogP contribution in [0.4, 0.5) is 0 Å². The Morgan fingerprint density at radius 2 is 1.29 bits per heavy atom. The molecule has 3 radical (unpaired) electrons. The van der Waals surface area contributed by atoms with Crippen LogP contribution in [0, 0.1) is 0 Å². The van der Waals surface area contributed by atoms with Crippen LogP contribution in [0.15, 0.2) is 0 Å². The van der Waals surface area contributed by atoms with Crippen LogP contribution in [-0.2, 0) is 21.5 Å². The van der Waals surface area contributed by atoms with Gasteiger partial charge in [0.15, 0.2) is 0 Å². The van der Waals surface area contributed by atoms with Gasteiger partial charge in [-0.05, 0) is 0 Å². The molecule has 37 valence electrons. The molecule has 3 nitrogen and oxygen atoms in total. The molecule has 0 aliphatic heterocycles. The summed E-state index contributed by atoms with van der Waals surface area (Å²) >= 11 is 0. The molecular formula is H2AlFeMgO3Si. The molecule has 0 aromatic heterocycles. The third kappa shape index (κ3) is 107. The van der Waals surface area contributed by atoms with Crippen molar-refractivity contribution in [2.75, 3.05) is 0 Å². The van der Waals surface area contributed by atoms with Crippen LogP contribution in [0.5, 0.6) is 0 Å². The van der Waals surface area contributed by atoms with Gasteiger partial charge in [-0.2, -0.15) is 0 Å². The van der Waals surface area contributed by atoms with Crippen LogP contribution in [0.25, 0.3) is 0 Å². The van der Waals surface area contributed by atoms with Gasteiger partial charge >= 0.3 is 40.1 Å². The van der Waals surface area contributed by atoms with Gasteiger partial charge in [-0.15, -0.1) is 0 Å². The SMILES string of the molecule is O=[Si]([O-])[O-].[Al].[Fe+2].[MgH2]. The third-order valence-electron chi connectivity index (χ3n) is 0. The van der Waals surface area contributed by atoms with Crippen molar-refractivity contribution >= 4 is 49.6 Å². The maximum atomic E-state index is 8.52. The van der Waals surface area contributed by atoms with E-state index in [-0.39, 0.29) is 57.5 Å². The zero-order valence-electron chi connectivity index (χ0n) is 2.66. The fourth-order valence-electron chi connectivity index (χ4n) is 0. The predicted molar refractivity (Wildman–Crippen MR) is 20.7 cm³/mol. The van der Waals surface area contributed by atoms with Gasteiger partial charge in [0.1, 0.15) is 0 Å². The van der Waals surface area contributed by atoms with E-state index < -0.39 is 9.17 Å². The summed E-state index contributed by atoms with van der Waals surface area (Å²) in [4.78, 5) is 17.0. The van der Waals surface area contributed by atoms with Gasteiger partial charge in [-0.25, -0.2) is 0 Å². The number of hydrogen-bond donors (Lipinski definition) is 0. The molecule has 7 heavy (non-hydrogen) atoms. The van der Waals surface area contributed by atoms with E-state index in [1.807, 2.05) is 0 Å². The second-order valence-electron chi connectivity index (χ2n) is 0.250. The fourth-order valence-corrected chi connectivity index (χ4v) is 0. The second kappa shape index (κ2) is 15.7. The third-order valence-corrected chi connectivity index (χ3v) is 0. The minimum absolute atomic E-state index is 0. The molecule has 0 aliphatic rings. The van der Waals surface area contributed by atoms with Crippen molar-refractivity contribution in [3.05, 3.63) is 0 Å². The molecule has 0 spiro atoms. The first-order valence-electron chi connectivity index (χ1n) is 0.612. The molecule has 0 N–H and O–H groups in total. The van der Waals surface area contributed by atoms with Gasteiger partial charge in [-0.3, -0.25) is 0 Å². The summed E-state index contributed by atoms with van der Waals surface area (Å²) < 4.78 is 8.52. The molecule has 0 aliphatic carbocycles. The molecule has 0 rings (SSSR count). The molecule has 0 heterocycles. The Morgan fingerprint density at radius 3 is 1.29 bits per heavy atom. The van der Waals surface area contributed by atoms with Gasteiger partial charge in [0.05, 0.1) is 0 Å². The average Bonchev–Trinajstić information content (AvgIpc) is 0.811. The van der Waals surface area contributed by atoms with Gasteiger partial charge in [-0.1, -0.05) is 0 Å².